The van der Waals surface area contributed by atoms with Gasteiger partial charge in [-0.1, -0.05) is 10.8 Å². The lowest BCUT2D eigenvalue weighted by molar-refractivity contribution is 0.328. The molecule has 0 saturated heterocycles. The van der Waals surface area contributed by atoms with Gasteiger partial charge in [0, 0.05) is 12.4 Å². The van der Waals surface area contributed by atoms with Crippen LogP contribution in [0.1, 0.15) is 13.3 Å². The molecule has 0 heterocycles. The Labute approximate surface area is 97.8 Å². The molecule has 2 nitrogen and oxygen atoms in total. The van der Waals surface area contributed by atoms with Crippen LogP contribution in [0.25, 0.3) is 0 Å². The van der Waals surface area contributed by atoms with Crippen LogP contribution in [0, 0.1) is 0 Å². The average Bonchev–Trinajstić information content (AvgIpc) is 2.02. The largest absolute Gasteiger partial charge is 0.418 e. The minimum atomic E-state index is -1.32. The maximum absolute atomic E-state index is 5.77. The van der Waals surface area contributed by atoms with Crippen molar-refractivity contribution in [2.24, 2.45) is 0 Å². The van der Waals surface area contributed by atoms with Gasteiger partial charge in [0.05, 0.1) is 0 Å². The summed E-state index contributed by atoms with van der Waals surface area (Å²) in [6, 6.07) is 1.28. The van der Waals surface area contributed by atoms with Gasteiger partial charge in [0.1, 0.15) is 0 Å². The van der Waals surface area contributed by atoms with Gasteiger partial charge >= 0.3 is 0 Å². The molecule has 5 heteroatoms. The summed E-state index contributed by atoms with van der Waals surface area (Å²) in [6.45, 7) is 7.57. The van der Waals surface area contributed by atoms with Crippen LogP contribution < -0.4 is 0 Å². The first-order valence-electron chi connectivity index (χ1n) is 5.09. The molecule has 0 N–H and O–H groups in total. The van der Waals surface area contributed by atoms with Gasteiger partial charge < -0.3 is 4.43 Å². The zero-order valence-corrected chi connectivity index (χ0v) is 12.6. The molecule has 0 fully saturated rings. The molecule has 0 aromatic heterocycles. The van der Waals surface area contributed by atoms with Crippen LogP contribution in [0.2, 0.25) is 19.1 Å². The summed E-state index contributed by atoms with van der Waals surface area (Å²) in [4.78, 5) is 0. The Morgan fingerprint density at radius 1 is 1.29 bits per heavy atom. The number of nitrogens with zero attached hydrogens (tertiary/aromatic N) is 1. The van der Waals surface area contributed by atoms with Gasteiger partial charge in [0.2, 0.25) is 0 Å². The van der Waals surface area contributed by atoms with Crippen molar-refractivity contribution in [3.8, 4) is 0 Å². The fraction of sp³-hybridized carbons (Fsp3) is 1.00. The van der Waals surface area contributed by atoms with E-state index in [0.29, 0.717) is 0 Å². The highest BCUT2D eigenvalue weighted by Gasteiger charge is 2.20. The van der Waals surface area contributed by atoms with E-state index in [1.54, 1.807) is 0 Å². The summed E-state index contributed by atoms with van der Waals surface area (Å²) in [5.41, 5.74) is 0. The molecule has 0 rings (SSSR count). The molecule has 0 amide bonds. The van der Waals surface area contributed by atoms with Crippen LogP contribution in [-0.4, -0.2) is 39.1 Å². The van der Waals surface area contributed by atoms with Gasteiger partial charge in [0.25, 0.3) is 0 Å². The SMILES string of the molecule is CCO[Si](C)(C)CCCSSN(C)C. The molecule has 0 aliphatic rings. The molecule has 0 unspecified atom stereocenters. The summed E-state index contributed by atoms with van der Waals surface area (Å²) >= 11 is 0. The van der Waals surface area contributed by atoms with E-state index in [2.05, 4.69) is 38.4 Å². The second-order valence-corrected chi connectivity index (χ2v) is 11.0. The zero-order valence-electron chi connectivity index (χ0n) is 10.0. The van der Waals surface area contributed by atoms with Gasteiger partial charge in [0.15, 0.2) is 8.32 Å². The van der Waals surface area contributed by atoms with Gasteiger partial charge in [-0.15, -0.1) is 0 Å². The summed E-state index contributed by atoms with van der Waals surface area (Å²) in [5, 5.41) is 0. The zero-order chi connectivity index (χ0) is 11.0. The Bertz CT molecular complexity index is 145. The summed E-state index contributed by atoms with van der Waals surface area (Å²) in [5.74, 6) is 1.23. The summed E-state index contributed by atoms with van der Waals surface area (Å²) in [7, 11) is 6.59. The molecule has 14 heavy (non-hydrogen) atoms. The van der Waals surface area contributed by atoms with E-state index in [4.69, 9.17) is 4.43 Å². The minimum Gasteiger partial charge on any atom is -0.418 e. The van der Waals surface area contributed by atoms with E-state index >= 15 is 0 Å². The summed E-state index contributed by atoms with van der Waals surface area (Å²) < 4.78 is 7.90. The number of hydrogen-bond donors (Lipinski definition) is 0. The van der Waals surface area contributed by atoms with Gasteiger partial charge in [-0.25, -0.2) is 4.31 Å². The molecule has 0 radical (unpaired) electrons. The minimum absolute atomic E-state index is 0.874. The molecule has 0 aromatic carbocycles. The molecule has 0 spiro atoms. The highest BCUT2D eigenvalue weighted by atomic mass is 33.1. The third-order valence-corrected chi connectivity index (χ3v) is 6.94. The molecule has 0 aliphatic heterocycles. The molecular weight excluding hydrogens is 230 g/mol. The second-order valence-electron chi connectivity index (χ2n) is 4.01. The van der Waals surface area contributed by atoms with E-state index in [1.807, 2.05) is 21.8 Å². The number of rotatable bonds is 8. The Morgan fingerprint density at radius 3 is 2.43 bits per heavy atom. The molecule has 0 atom stereocenters. The normalized spacial score (nSPS) is 12.4. The van der Waals surface area contributed by atoms with Crippen molar-refractivity contribution < 1.29 is 4.43 Å². The van der Waals surface area contributed by atoms with E-state index in [-0.39, 0.29) is 0 Å². The van der Waals surface area contributed by atoms with Crippen LogP contribution in [0.15, 0.2) is 0 Å². The highest BCUT2D eigenvalue weighted by molar-refractivity contribution is 8.75. The first kappa shape index (κ1) is 14.8. The van der Waals surface area contributed by atoms with Gasteiger partial charge in [-0.2, -0.15) is 0 Å². The van der Waals surface area contributed by atoms with Crippen LogP contribution in [0.4, 0.5) is 0 Å². The Hall–Kier alpha value is 0.837. The van der Waals surface area contributed by atoms with Crippen LogP contribution >= 0.6 is 21.8 Å². The molecule has 86 valence electrons. The first-order chi connectivity index (χ1) is 6.48. The van der Waals surface area contributed by atoms with E-state index in [9.17, 15) is 0 Å². The lowest BCUT2D eigenvalue weighted by atomic mass is 10.6. The lowest BCUT2D eigenvalue weighted by Crippen LogP contribution is -2.30. The fourth-order valence-electron chi connectivity index (χ4n) is 1.16. The van der Waals surface area contributed by atoms with Crippen LogP contribution in [0.5, 0.6) is 0 Å². The van der Waals surface area contributed by atoms with Crippen molar-refractivity contribution in [2.75, 3.05) is 26.5 Å². The van der Waals surface area contributed by atoms with Gasteiger partial charge in [-0.3, -0.25) is 0 Å². The van der Waals surface area contributed by atoms with Crippen molar-refractivity contribution in [3.05, 3.63) is 0 Å². The maximum atomic E-state index is 5.77. The second kappa shape index (κ2) is 8.04. The fourth-order valence-corrected chi connectivity index (χ4v) is 5.13. The Morgan fingerprint density at radius 2 is 1.93 bits per heavy atom. The standard InChI is InChI=1S/C9H23NOS2Si/c1-6-11-14(4,5)9-7-8-12-13-10(2)3/h6-9H2,1-5H3. The van der Waals surface area contributed by atoms with Crippen molar-refractivity contribution in [1.82, 2.24) is 4.31 Å². The molecule has 0 bridgehead atoms. The maximum Gasteiger partial charge on any atom is 0.186 e. The lowest BCUT2D eigenvalue weighted by Gasteiger charge is -2.21. The molecule has 0 aromatic rings. The van der Waals surface area contributed by atoms with Crippen LogP contribution in [-0.2, 0) is 4.43 Å². The number of hydrogen-bond acceptors (Lipinski definition) is 4. The topological polar surface area (TPSA) is 12.5 Å². The van der Waals surface area contributed by atoms with E-state index < -0.39 is 8.32 Å². The van der Waals surface area contributed by atoms with Gasteiger partial charge in [-0.05, 0) is 57.6 Å². The average molecular weight is 254 g/mol. The van der Waals surface area contributed by atoms with Crippen molar-refractivity contribution in [1.29, 1.82) is 0 Å². The molecule has 0 saturated carbocycles. The predicted molar refractivity (Wildman–Crippen MR) is 72.3 cm³/mol. The van der Waals surface area contributed by atoms with Crippen molar-refractivity contribution in [2.45, 2.75) is 32.5 Å². The quantitative estimate of drug-likeness (QED) is 0.284. The molecular formula is C9H23NOS2Si. The third kappa shape index (κ3) is 9.39. The predicted octanol–water partition coefficient (Wildman–Crippen LogP) is 3.48. The van der Waals surface area contributed by atoms with E-state index in [0.717, 1.165) is 6.61 Å². The van der Waals surface area contributed by atoms with Crippen LogP contribution in [0.3, 0.4) is 0 Å². The van der Waals surface area contributed by atoms with Crippen molar-refractivity contribution >= 4 is 30.1 Å². The summed E-state index contributed by atoms with van der Waals surface area (Å²) in [6.07, 6.45) is 1.28. The van der Waals surface area contributed by atoms with Crippen molar-refractivity contribution in [3.63, 3.8) is 0 Å². The highest BCUT2D eigenvalue weighted by Crippen LogP contribution is 2.25. The molecule has 0 aliphatic carbocycles. The smallest absolute Gasteiger partial charge is 0.186 e. The first-order valence-corrected chi connectivity index (χ1v) is 10.5. The Kier molecular flexibility index (Phi) is 8.52. The Balaban J connectivity index is 3.34. The monoisotopic (exact) mass is 253 g/mol. The third-order valence-electron chi connectivity index (χ3n) is 1.74. The van der Waals surface area contributed by atoms with E-state index in [1.165, 1.54) is 18.2 Å².